The van der Waals surface area contributed by atoms with E-state index in [1.165, 1.54) is 13.8 Å². The van der Waals surface area contributed by atoms with Crippen LogP contribution in [0.25, 0.3) is 0 Å². The van der Waals surface area contributed by atoms with Gasteiger partial charge in [0.05, 0.1) is 24.4 Å². The Kier molecular flexibility index (Phi) is 7.54. The Bertz CT molecular complexity index is 1350. The van der Waals surface area contributed by atoms with E-state index in [9.17, 15) is 29.7 Å². The molecule has 1 aromatic rings. The number of aliphatic hydroxyl groups excluding tert-OH is 2. The summed E-state index contributed by atoms with van der Waals surface area (Å²) in [6.45, 7) is 12.7. The summed E-state index contributed by atoms with van der Waals surface area (Å²) in [5.41, 5.74) is -6.02. The Morgan fingerprint density at radius 2 is 1.67 bits per heavy atom. The van der Waals surface area contributed by atoms with Crippen molar-refractivity contribution in [1.29, 1.82) is 0 Å². The molecule has 0 aromatic heterocycles. The number of carbonyl (C=O) groups excluding carboxylic acids is 3. The van der Waals surface area contributed by atoms with Crippen molar-refractivity contribution in [2.45, 2.75) is 116 Å². The molecule has 2 bridgehead atoms. The first-order valence-corrected chi connectivity index (χ1v) is 14.9. The first-order valence-electron chi connectivity index (χ1n) is 14.9. The number of carbonyl (C=O) groups is 3. The lowest BCUT2D eigenvalue weighted by molar-refractivity contribution is -0.367. The van der Waals surface area contributed by atoms with E-state index >= 15 is 0 Å². The molecule has 1 aromatic carbocycles. The molecule has 9 atom stereocenters. The lowest BCUT2D eigenvalue weighted by Gasteiger charge is -2.68. The van der Waals surface area contributed by atoms with Crippen LogP contribution in [0.2, 0.25) is 0 Å². The number of Topliss-reactive ketones (excluding diaryl/α,β-unsaturated/α-hetero) is 1. The largest absolute Gasteiger partial charge is 0.458 e. The first kappa shape index (κ1) is 31.8. The van der Waals surface area contributed by atoms with Gasteiger partial charge in [-0.1, -0.05) is 51.1 Å². The van der Waals surface area contributed by atoms with Crippen molar-refractivity contribution < 1.29 is 48.7 Å². The van der Waals surface area contributed by atoms with Crippen LogP contribution in [0.4, 0.5) is 0 Å². The van der Waals surface area contributed by atoms with Crippen LogP contribution in [0.1, 0.15) is 73.8 Å². The van der Waals surface area contributed by atoms with Gasteiger partial charge in [0.2, 0.25) is 0 Å². The monoisotopic (exact) mass is 600 g/mol. The van der Waals surface area contributed by atoms with Crippen molar-refractivity contribution in [3.05, 3.63) is 47.0 Å². The number of hydrogen-bond acceptors (Lipinski definition) is 10. The fraction of sp³-hybridized carbons (Fsp3) is 0.667. The zero-order valence-corrected chi connectivity index (χ0v) is 26.2. The van der Waals surface area contributed by atoms with Gasteiger partial charge in [-0.15, -0.1) is 0 Å². The second-order valence-corrected chi connectivity index (χ2v) is 14.0. The maximum absolute atomic E-state index is 14.6. The molecular formula is C33H44O10. The summed E-state index contributed by atoms with van der Waals surface area (Å²) >= 11 is 0. The van der Waals surface area contributed by atoms with Gasteiger partial charge >= 0.3 is 11.9 Å². The van der Waals surface area contributed by atoms with Gasteiger partial charge in [0.25, 0.3) is 0 Å². The molecular weight excluding hydrogens is 556 g/mol. The van der Waals surface area contributed by atoms with E-state index in [4.69, 9.17) is 18.9 Å². The van der Waals surface area contributed by atoms with Crippen molar-refractivity contribution in [3.8, 4) is 0 Å². The molecule has 0 unspecified atom stereocenters. The summed E-state index contributed by atoms with van der Waals surface area (Å²) in [6.07, 6.45) is -6.12. The van der Waals surface area contributed by atoms with Crippen LogP contribution in [-0.4, -0.2) is 81.4 Å². The molecule has 1 aliphatic heterocycles. The van der Waals surface area contributed by atoms with Crippen molar-refractivity contribution in [2.75, 3.05) is 6.61 Å². The van der Waals surface area contributed by atoms with E-state index in [0.29, 0.717) is 5.57 Å². The van der Waals surface area contributed by atoms with Crippen LogP contribution in [-0.2, 0) is 38.9 Å². The Labute approximate surface area is 252 Å². The quantitative estimate of drug-likeness (QED) is 0.431. The maximum Gasteiger partial charge on any atom is 0.303 e. The highest BCUT2D eigenvalue weighted by Crippen LogP contribution is 2.64. The van der Waals surface area contributed by atoms with Gasteiger partial charge in [-0.2, -0.15) is 0 Å². The highest BCUT2D eigenvalue weighted by molar-refractivity contribution is 6.02. The van der Waals surface area contributed by atoms with E-state index < -0.39 is 81.8 Å². The van der Waals surface area contributed by atoms with Crippen LogP contribution in [0, 0.1) is 16.7 Å². The summed E-state index contributed by atoms with van der Waals surface area (Å²) in [7, 11) is 0. The molecule has 1 saturated heterocycles. The minimum Gasteiger partial charge on any atom is -0.458 e. The Morgan fingerprint density at radius 1 is 1.05 bits per heavy atom. The second kappa shape index (κ2) is 10.2. The smallest absolute Gasteiger partial charge is 0.303 e. The minimum absolute atomic E-state index is 0.0910. The van der Waals surface area contributed by atoms with Crippen LogP contribution in [0.5, 0.6) is 0 Å². The van der Waals surface area contributed by atoms with E-state index in [0.717, 1.165) is 5.56 Å². The SMILES string of the molecule is CC(=O)O[C@H]1C[C@@]2(O)[C@@H](O)[C@@H]3[C@]4(OC(C)=O)CO[C@@H]4C[C@H](OC(C)(C)c4ccccc4)[C@@]3(C)[C@@H](O)C(=O)C(=C1C)C2(C)C. The molecule has 236 valence electrons. The third-order valence-electron chi connectivity index (χ3n) is 10.9. The van der Waals surface area contributed by atoms with Gasteiger partial charge < -0.3 is 34.3 Å². The summed E-state index contributed by atoms with van der Waals surface area (Å²) in [5.74, 6) is -3.12. The van der Waals surface area contributed by atoms with Crippen molar-refractivity contribution in [1.82, 2.24) is 0 Å². The first-order chi connectivity index (χ1) is 19.8. The fourth-order valence-corrected chi connectivity index (χ4v) is 8.50. The molecule has 43 heavy (non-hydrogen) atoms. The third kappa shape index (κ3) is 4.43. The summed E-state index contributed by atoms with van der Waals surface area (Å²) in [5, 5.41) is 37.4. The number of esters is 2. The molecule has 0 amide bonds. The highest BCUT2D eigenvalue weighted by atomic mass is 16.6. The third-order valence-corrected chi connectivity index (χ3v) is 10.9. The fourth-order valence-electron chi connectivity index (χ4n) is 8.50. The van der Waals surface area contributed by atoms with Crippen LogP contribution in [0.3, 0.4) is 0 Å². The summed E-state index contributed by atoms with van der Waals surface area (Å²) < 4.78 is 24.3. The summed E-state index contributed by atoms with van der Waals surface area (Å²) in [4.78, 5) is 39.2. The van der Waals surface area contributed by atoms with Gasteiger partial charge in [-0.25, -0.2) is 0 Å². The lowest BCUT2D eigenvalue weighted by Crippen LogP contribution is -2.82. The molecule has 10 heteroatoms. The van der Waals surface area contributed by atoms with Gasteiger partial charge in [-0.3, -0.25) is 14.4 Å². The van der Waals surface area contributed by atoms with Gasteiger partial charge in [0, 0.05) is 49.0 Å². The maximum atomic E-state index is 14.6. The molecule has 3 fully saturated rings. The van der Waals surface area contributed by atoms with Crippen molar-refractivity contribution >= 4 is 17.7 Å². The number of ether oxygens (including phenoxy) is 4. The predicted octanol–water partition coefficient (Wildman–Crippen LogP) is 2.75. The number of rotatable bonds is 5. The molecule has 5 rings (SSSR count). The number of hydrogen-bond donors (Lipinski definition) is 3. The Morgan fingerprint density at radius 3 is 2.21 bits per heavy atom. The minimum atomic E-state index is -2.05. The van der Waals surface area contributed by atoms with Gasteiger partial charge in [0.15, 0.2) is 11.4 Å². The number of aliphatic hydroxyl groups is 3. The molecule has 10 nitrogen and oxygen atoms in total. The molecule has 0 spiro atoms. The molecule has 3 N–H and O–H groups in total. The zero-order valence-electron chi connectivity index (χ0n) is 26.2. The topological polar surface area (TPSA) is 149 Å². The Hall–Kier alpha value is -2.63. The van der Waals surface area contributed by atoms with E-state index in [2.05, 4.69) is 0 Å². The second-order valence-electron chi connectivity index (χ2n) is 14.0. The van der Waals surface area contributed by atoms with E-state index in [-0.39, 0.29) is 25.0 Å². The van der Waals surface area contributed by atoms with Crippen molar-refractivity contribution in [3.63, 3.8) is 0 Å². The van der Waals surface area contributed by atoms with E-state index in [1.54, 1.807) is 27.7 Å². The van der Waals surface area contributed by atoms with Crippen LogP contribution >= 0.6 is 0 Å². The number of ketones is 1. The van der Waals surface area contributed by atoms with Crippen molar-refractivity contribution in [2.24, 2.45) is 16.7 Å². The average molecular weight is 601 g/mol. The van der Waals surface area contributed by atoms with Crippen LogP contribution in [0.15, 0.2) is 41.5 Å². The van der Waals surface area contributed by atoms with Gasteiger partial charge in [-0.05, 0) is 31.9 Å². The molecule has 2 saturated carbocycles. The average Bonchev–Trinajstić information content (AvgIpc) is 2.90. The zero-order chi connectivity index (χ0) is 31.9. The summed E-state index contributed by atoms with van der Waals surface area (Å²) in [6, 6.07) is 9.50. The normalized spacial score (nSPS) is 40.3. The highest BCUT2D eigenvalue weighted by Gasteiger charge is 2.77. The van der Waals surface area contributed by atoms with Gasteiger partial charge in [0.1, 0.15) is 23.9 Å². The standard InChI is InChI=1S/C33H44O10/c1-17-21(41-18(2)34)15-33(39)28(38)26-31(8,27(37)25(36)24(17)29(33,4)5)22(14-23-32(26,16-40-23)42-19(3)35)43-30(6,7)20-12-10-9-11-13-20/h9-13,21-23,26-28,37-39H,14-16H2,1-8H3/t21-,22-,23+,26-,27-,28-,31+,32-,33+/m0/s1. The Balaban J connectivity index is 1.75. The predicted molar refractivity (Wildman–Crippen MR) is 153 cm³/mol. The van der Waals surface area contributed by atoms with E-state index in [1.807, 2.05) is 44.2 Å². The number of benzene rings is 1. The lowest BCUT2D eigenvalue weighted by atomic mass is 9.44. The number of fused-ring (bicyclic) bond motifs is 5. The molecule has 0 radical (unpaired) electrons. The molecule has 3 aliphatic carbocycles. The molecule has 4 aliphatic rings. The van der Waals surface area contributed by atoms with Crippen LogP contribution < -0.4 is 0 Å². The molecule has 1 heterocycles.